The Morgan fingerprint density at radius 2 is 1.75 bits per heavy atom. The van der Waals surface area contributed by atoms with Gasteiger partial charge in [-0.05, 0) is 76.2 Å². The van der Waals surface area contributed by atoms with E-state index in [0.717, 1.165) is 19.2 Å². The molecule has 36 heavy (non-hydrogen) atoms. The van der Waals surface area contributed by atoms with E-state index in [2.05, 4.69) is 49.3 Å². The number of para-hydroxylation sites is 1. The first-order valence-corrected chi connectivity index (χ1v) is 13.1. The maximum Gasteiger partial charge on any atom is 0.276 e. The minimum absolute atomic E-state index is 0.303. The number of carbonyl (C=O) groups excluding carboxylic acids is 2. The third-order valence-corrected chi connectivity index (χ3v) is 6.90. The normalized spacial score (nSPS) is 14.6. The largest absolute Gasteiger partial charge is 0.488 e. The van der Waals surface area contributed by atoms with Crippen LogP contribution >= 0.6 is 38.5 Å². The van der Waals surface area contributed by atoms with Gasteiger partial charge >= 0.3 is 0 Å². The molecule has 8 heteroatoms. The van der Waals surface area contributed by atoms with Gasteiger partial charge in [0.25, 0.3) is 11.8 Å². The zero-order valence-corrected chi connectivity index (χ0v) is 22.7. The number of nitrogens with one attached hydrogen (secondary N) is 2. The molecule has 4 aromatic carbocycles. The number of amides is 2. The van der Waals surface area contributed by atoms with Gasteiger partial charge in [0.05, 0.1) is 11.1 Å². The van der Waals surface area contributed by atoms with Gasteiger partial charge in [-0.15, -0.1) is 0 Å². The fraction of sp³-hybridized carbons (Fsp3) is 0.0714. The van der Waals surface area contributed by atoms with E-state index in [1.807, 2.05) is 72.8 Å². The number of rotatable bonds is 6. The Morgan fingerprint density at radius 1 is 0.972 bits per heavy atom. The van der Waals surface area contributed by atoms with Gasteiger partial charge in [0.15, 0.2) is 0 Å². The lowest BCUT2D eigenvalue weighted by atomic mass is 10.0. The predicted octanol–water partition coefficient (Wildman–Crippen LogP) is 6.54. The van der Waals surface area contributed by atoms with E-state index in [1.165, 1.54) is 5.01 Å². The third-order valence-electron chi connectivity index (χ3n) is 5.74. The maximum absolute atomic E-state index is 13.6. The summed E-state index contributed by atoms with van der Waals surface area (Å²) in [6.07, 6.45) is -0.607. The number of hydrogen-bond acceptors (Lipinski definition) is 4. The molecule has 0 saturated heterocycles. The molecule has 4 aromatic rings. The van der Waals surface area contributed by atoms with Crippen molar-refractivity contribution in [1.82, 2.24) is 10.4 Å². The Kier molecular flexibility index (Phi) is 7.24. The summed E-state index contributed by atoms with van der Waals surface area (Å²) >= 11 is 5.67. The van der Waals surface area contributed by atoms with Crippen LogP contribution in [0, 0.1) is 3.57 Å². The van der Waals surface area contributed by atoms with Crippen LogP contribution in [0.3, 0.4) is 0 Å². The number of hydrogen-bond donors (Lipinski definition) is 2. The van der Waals surface area contributed by atoms with Crippen LogP contribution in [0.5, 0.6) is 5.75 Å². The number of anilines is 1. The molecule has 2 amide bonds. The molecule has 6 nitrogen and oxygen atoms in total. The van der Waals surface area contributed by atoms with Gasteiger partial charge in [-0.3, -0.25) is 15.0 Å². The molecular weight excluding hydrogens is 633 g/mol. The molecule has 0 radical (unpaired) electrons. The highest BCUT2D eigenvalue weighted by molar-refractivity contribution is 14.1. The van der Waals surface area contributed by atoms with Gasteiger partial charge in [0.1, 0.15) is 18.5 Å². The fourth-order valence-corrected chi connectivity index (χ4v) is 4.90. The van der Waals surface area contributed by atoms with Crippen LogP contribution in [-0.4, -0.2) is 16.8 Å². The van der Waals surface area contributed by atoms with Gasteiger partial charge in [-0.25, -0.2) is 5.01 Å². The first-order chi connectivity index (χ1) is 17.5. The molecule has 1 unspecified atom stereocenters. The Balaban J connectivity index is 1.45. The average Bonchev–Trinajstić information content (AvgIpc) is 2.90. The molecule has 0 aromatic heterocycles. The van der Waals surface area contributed by atoms with Crippen molar-refractivity contribution in [2.45, 2.75) is 12.8 Å². The molecule has 0 bridgehead atoms. The van der Waals surface area contributed by atoms with E-state index in [4.69, 9.17) is 4.74 Å². The van der Waals surface area contributed by atoms with Crippen LogP contribution < -0.4 is 15.5 Å². The second kappa shape index (κ2) is 10.7. The summed E-state index contributed by atoms with van der Waals surface area (Å²) in [5, 5.41) is 4.75. The molecule has 0 saturated carbocycles. The molecule has 0 spiro atoms. The molecule has 1 heterocycles. The lowest BCUT2D eigenvalue weighted by Gasteiger charge is -2.38. The fourth-order valence-electron chi connectivity index (χ4n) is 3.99. The number of benzene rings is 4. The lowest BCUT2D eigenvalue weighted by Crippen LogP contribution is -2.53. The van der Waals surface area contributed by atoms with Crippen LogP contribution in [0.2, 0.25) is 0 Å². The van der Waals surface area contributed by atoms with E-state index in [9.17, 15) is 9.59 Å². The van der Waals surface area contributed by atoms with Crippen molar-refractivity contribution in [2.75, 3.05) is 5.32 Å². The predicted molar refractivity (Wildman–Crippen MR) is 151 cm³/mol. The van der Waals surface area contributed by atoms with Crippen LogP contribution in [0.1, 0.15) is 38.0 Å². The summed E-state index contributed by atoms with van der Waals surface area (Å²) in [4.78, 5) is 27.1. The molecule has 1 atom stereocenters. The molecule has 5 rings (SSSR count). The highest BCUT2D eigenvalue weighted by Crippen LogP contribution is 2.34. The lowest BCUT2D eigenvalue weighted by molar-refractivity contribution is 0.0489. The van der Waals surface area contributed by atoms with E-state index in [0.29, 0.717) is 29.2 Å². The summed E-state index contributed by atoms with van der Waals surface area (Å²) in [7, 11) is 0. The Hall–Kier alpha value is -3.37. The van der Waals surface area contributed by atoms with Gasteiger partial charge in [0.2, 0.25) is 0 Å². The first-order valence-electron chi connectivity index (χ1n) is 11.2. The number of ether oxygens (including phenoxy) is 1. The van der Waals surface area contributed by atoms with Crippen LogP contribution in [0.25, 0.3) is 0 Å². The Bertz CT molecular complexity index is 1430. The Labute approximate surface area is 230 Å². The Morgan fingerprint density at radius 3 is 2.56 bits per heavy atom. The standard InChI is InChI=1S/C28H21BrIN3O3/c29-20-10-6-9-19(15-20)26-31-24-14-13-21(30)16-23(24)28(35)33(26)32-27(34)22-11-4-5-12-25(22)36-17-18-7-2-1-3-8-18/h1-16,26,31H,17H2,(H,32,34). The minimum atomic E-state index is -0.607. The van der Waals surface area contributed by atoms with Crippen molar-refractivity contribution in [2.24, 2.45) is 0 Å². The molecule has 180 valence electrons. The number of nitrogens with zero attached hydrogens (tertiary/aromatic N) is 1. The highest BCUT2D eigenvalue weighted by atomic mass is 127. The van der Waals surface area contributed by atoms with Crippen molar-refractivity contribution >= 4 is 56.0 Å². The first kappa shape index (κ1) is 24.3. The third kappa shape index (κ3) is 5.24. The molecule has 2 N–H and O–H groups in total. The van der Waals surface area contributed by atoms with Crippen LogP contribution in [0.4, 0.5) is 5.69 Å². The topological polar surface area (TPSA) is 70.7 Å². The zero-order chi connectivity index (χ0) is 25.1. The molecule has 1 aliphatic rings. The van der Waals surface area contributed by atoms with Crippen molar-refractivity contribution in [3.8, 4) is 5.75 Å². The van der Waals surface area contributed by atoms with E-state index < -0.39 is 12.1 Å². The average molecular weight is 654 g/mol. The quantitative estimate of drug-likeness (QED) is 0.232. The molecule has 1 aliphatic heterocycles. The van der Waals surface area contributed by atoms with Crippen molar-refractivity contribution in [3.63, 3.8) is 0 Å². The minimum Gasteiger partial charge on any atom is -0.488 e. The number of fused-ring (bicyclic) bond motifs is 1. The summed E-state index contributed by atoms with van der Waals surface area (Å²) in [5.74, 6) is -0.309. The second-order valence-corrected chi connectivity index (χ2v) is 10.3. The van der Waals surface area contributed by atoms with Crippen molar-refractivity contribution in [3.05, 3.63) is 127 Å². The van der Waals surface area contributed by atoms with E-state index in [-0.39, 0.29) is 5.91 Å². The zero-order valence-electron chi connectivity index (χ0n) is 18.9. The molecule has 0 fully saturated rings. The monoisotopic (exact) mass is 653 g/mol. The van der Waals surface area contributed by atoms with Gasteiger partial charge in [0, 0.05) is 13.7 Å². The summed E-state index contributed by atoms with van der Waals surface area (Å²) in [5.41, 5.74) is 6.18. The number of hydrazine groups is 1. The second-order valence-electron chi connectivity index (χ2n) is 8.18. The van der Waals surface area contributed by atoms with Gasteiger partial charge < -0.3 is 10.1 Å². The van der Waals surface area contributed by atoms with Crippen LogP contribution in [0.15, 0.2) is 102 Å². The van der Waals surface area contributed by atoms with Gasteiger partial charge in [-0.1, -0.05) is 70.5 Å². The van der Waals surface area contributed by atoms with E-state index in [1.54, 1.807) is 24.3 Å². The summed E-state index contributed by atoms with van der Waals surface area (Å²) in [6.45, 7) is 0.321. The highest BCUT2D eigenvalue weighted by Gasteiger charge is 2.35. The molecule has 0 aliphatic carbocycles. The maximum atomic E-state index is 13.6. The smallest absolute Gasteiger partial charge is 0.276 e. The van der Waals surface area contributed by atoms with E-state index >= 15 is 0 Å². The summed E-state index contributed by atoms with van der Waals surface area (Å²) < 4.78 is 7.77. The number of carbonyl (C=O) groups is 2. The van der Waals surface area contributed by atoms with Crippen molar-refractivity contribution < 1.29 is 14.3 Å². The van der Waals surface area contributed by atoms with Crippen LogP contribution in [-0.2, 0) is 6.61 Å². The SMILES string of the molecule is O=C(NN1C(=O)c2cc(I)ccc2NC1c1cccc(Br)c1)c1ccccc1OCc1ccccc1. The number of halogens is 2. The van der Waals surface area contributed by atoms with Crippen molar-refractivity contribution in [1.29, 1.82) is 0 Å². The molecular formula is C28H21BrIN3O3. The summed E-state index contributed by atoms with van der Waals surface area (Å²) in [6, 6.07) is 30.0. The van der Waals surface area contributed by atoms with Gasteiger partial charge in [-0.2, -0.15) is 0 Å².